The first-order valence-corrected chi connectivity index (χ1v) is 11.3. The zero-order valence-electron chi connectivity index (χ0n) is 17.7. The van der Waals surface area contributed by atoms with Crippen LogP contribution in [0, 0.1) is 13.8 Å². The van der Waals surface area contributed by atoms with Gasteiger partial charge < -0.3 is 16.0 Å². The maximum Gasteiger partial charge on any atom is 0.246 e. The van der Waals surface area contributed by atoms with Crippen LogP contribution in [0.15, 0.2) is 42.5 Å². The number of aryl methyl sites for hydroxylation is 2. The summed E-state index contributed by atoms with van der Waals surface area (Å²) in [4.78, 5) is 25.8. The molecular formula is C23H30ClN3O2S. The van der Waals surface area contributed by atoms with Crippen molar-refractivity contribution in [1.82, 2.24) is 10.6 Å². The molecule has 7 heteroatoms. The first kappa shape index (κ1) is 24.3. The summed E-state index contributed by atoms with van der Waals surface area (Å²) in [5, 5.41) is 9.24. The van der Waals surface area contributed by atoms with Crippen LogP contribution in [0.3, 0.4) is 0 Å². The topological polar surface area (TPSA) is 70.2 Å². The second kappa shape index (κ2) is 11.4. The number of hydrogen-bond acceptors (Lipinski definition) is 4. The summed E-state index contributed by atoms with van der Waals surface area (Å²) in [6.45, 7) is 4.67. The Kier molecular flexibility index (Phi) is 9.21. The molecule has 0 saturated heterocycles. The average molecular weight is 448 g/mol. The Hall–Kier alpha value is -2.02. The highest BCUT2D eigenvalue weighted by Crippen LogP contribution is 2.17. The molecule has 2 atom stereocenters. The lowest BCUT2D eigenvalue weighted by Crippen LogP contribution is -2.53. The van der Waals surface area contributed by atoms with Gasteiger partial charge in [0.1, 0.15) is 6.04 Å². The molecule has 5 nitrogen and oxygen atoms in total. The summed E-state index contributed by atoms with van der Waals surface area (Å²) in [6, 6.07) is 13.2. The minimum atomic E-state index is -0.560. The molecule has 0 fully saturated rings. The van der Waals surface area contributed by atoms with Crippen LogP contribution >= 0.6 is 24.2 Å². The van der Waals surface area contributed by atoms with Crippen LogP contribution in [0.25, 0.3) is 0 Å². The number of halogens is 1. The molecule has 162 valence electrons. The SMILES string of the molecule is CSCCC(NC(=O)C1Cc2ccccc2CN1)C(=O)Nc1cc(C)cc(C)c1.Cl. The van der Waals surface area contributed by atoms with Gasteiger partial charge in [-0.25, -0.2) is 0 Å². The molecule has 3 rings (SSSR count). The quantitative estimate of drug-likeness (QED) is 0.606. The molecule has 0 aromatic heterocycles. The van der Waals surface area contributed by atoms with Gasteiger partial charge in [0.05, 0.1) is 6.04 Å². The lowest BCUT2D eigenvalue weighted by Gasteiger charge is -2.27. The van der Waals surface area contributed by atoms with Crippen LogP contribution in [0.2, 0.25) is 0 Å². The summed E-state index contributed by atoms with van der Waals surface area (Å²) < 4.78 is 0. The van der Waals surface area contributed by atoms with Crippen LogP contribution in [0.4, 0.5) is 5.69 Å². The van der Waals surface area contributed by atoms with Gasteiger partial charge in [-0.15, -0.1) is 12.4 Å². The average Bonchev–Trinajstić information content (AvgIpc) is 2.69. The standard InChI is InChI=1S/C23H29N3O2S.ClH/c1-15-10-16(2)12-19(11-15)25-22(27)20(8-9-29-3)26-23(28)21-13-17-6-4-5-7-18(17)14-24-21;/h4-7,10-12,20-21,24H,8-9,13-14H2,1-3H3,(H,25,27)(H,26,28);1H. The van der Waals surface area contributed by atoms with E-state index >= 15 is 0 Å². The molecule has 2 aromatic rings. The lowest BCUT2D eigenvalue weighted by molar-refractivity contribution is -0.128. The van der Waals surface area contributed by atoms with Gasteiger partial charge in [0.15, 0.2) is 0 Å². The zero-order valence-corrected chi connectivity index (χ0v) is 19.3. The van der Waals surface area contributed by atoms with Gasteiger partial charge in [0.2, 0.25) is 11.8 Å². The molecule has 0 radical (unpaired) electrons. The van der Waals surface area contributed by atoms with Crippen molar-refractivity contribution >= 4 is 41.7 Å². The monoisotopic (exact) mass is 447 g/mol. The molecule has 3 N–H and O–H groups in total. The molecule has 0 spiro atoms. The third-order valence-electron chi connectivity index (χ3n) is 5.13. The third-order valence-corrected chi connectivity index (χ3v) is 5.77. The molecule has 30 heavy (non-hydrogen) atoms. The van der Waals surface area contributed by atoms with Gasteiger partial charge in [0.25, 0.3) is 0 Å². The van der Waals surface area contributed by atoms with Crippen molar-refractivity contribution in [1.29, 1.82) is 0 Å². The molecule has 1 heterocycles. The molecule has 0 bridgehead atoms. The fourth-order valence-electron chi connectivity index (χ4n) is 3.69. The van der Waals surface area contributed by atoms with Crippen molar-refractivity contribution < 1.29 is 9.59 Å². The number of carbonyl (C=O) groups excluding carboxylic acids is 2. The van der Waals surface area contributed by atoms with E-state index in [0.717, 1.165) is 22.6 Å². The van der Waals surface area contributed by atoms with E-state index in [1.165, 1.54) is 11.1 Å². The summed E-state index contributed by atoms with van der Waals surface area (Å²) in [5.41, 5.74) is 5.36. The third kappa shape index (κ3) is 6.49. The van der Waals surface area contributed by atoms with Crippen LogP contribution in [-0.2, 0) is 22.6 Å². The Morgan fingerprint density at radius 1 is 1.13 bits per heavy atom. The van der Waals surface area contributed by atoms with Crippen molar-refractivity contribution in [3.05, 3.63) is 64.7 Å². The number of fused-ring (bicyclic) bond motifs is 1. The zero-order chi connectivity index (χ0) is 20.8. The van der Waals surface area contributed by atoms with E-state index in [1.54, 1.807) is 11.8 Å². The summed E-state index contributed by atoms with van der Waals surface area (Å²) in [7, 11) is 0. The van der Waals surface area contributed by atoms with Crippen LogP contribution < -0.4 is 16.0 Å². The number of thioether (sulfide) groups is 1. The first-order valence-electron chi connectivity index (χ1n) is 9.95. The minimum Gasteiger partial charge on any atom is -0.343 e. The predicted molar refractivity (Wildman–Crippen MR) is 127 cm³/mol. The van der Waals surface area contributed by atoms with E-state index in [9.17, 15) is 9.59 Å². The Labute approximate surface area is 189 Å². The largest absolute Gasteiger partial charge is 0.343 e. The molecule has 1 aliphatic heterocycles. The van der Waals surface area contributed by atoms with Gasteiger partial charge in [-0.2, -0.15) is 11.8 Å². The van der Waals surface area contributed by atoms with E-state index in [4.69, 9.17) is 0 Å². The molecular weight excluding hydrogens is 418 g/mol. The van der Waals surface area contributed by atoms with Crippen molar-refractivity contribution in [2.24, 2.45) is 0 Å². The maximum absolute atomic E-state index is 12.9. The van der Waals surface area contributed by atoms with Crippen molar-refractivity contribution in [2.45, 2.75) is 45.3 Å². The first-order chi connectivity index (χ1) is 14.0. The van der Waals surface area contributed by atoms with Gasteiger partial charge in [-0.3, -0.25) is 9.59 Å². The van der Waals surface area contributed by atoms with Crippen LogP contribution in [-0.4, -0.2) is 35.9 Å². The molecule has 0 saturated carbocycles. The number of amides is 2. The van der Waals surface area contributed by atoms with E-state index < -0.39 is 6.04 Å². The maximum atomic E-state index is 12.9. The highest BCUT2D eigenvalue weighted by atomic mass is 35.5. The number of carbonyl (C=O) groups is 2. The molecule has 0 aliphatic carbocycles. The van der Waals surface area contributed by atoms with Crippen molar-refractivity contribution in [3.63, 3.8) is 0 Å². The molecule has 2 unspecified atom stereocenters. The number of rotatable bonds is 7. The smallest absolute Gasteiger partial charge is 0.246 e. The van der Waals surface area contributed by atoms with Gasteiger partial charge in [-0.1, -0.05) is 30.3 Å². The second-order valence-corrected chi connectivity index (χ2v) is 8.60. The number of nitrogens with one attached hydrogen (secondary N) is 3. The normalized spacial score (nSPS) is 16.0. The Bertz CT molecular complexity index is 870. The summed E-state index contributed by atoms with van der Waals surface area (Å²) >= 11 is 1.67. The highest BCUT2D eigenvalue weighted by Gasteiger charge is 2.28. The van der Waals surface area contributed by atoms with Gasteiger partial charge in [-0.05, 0) is 73.1 Å². The Balaban J connectivity index is 0.00000320. The van der Waals surface area contributed by atoms with Crippen molar-refractivity contribution in [2.75, 3.05) is 17.3 Å². The van der Waals surface area contributed by atoms with E-state index in [0.29, 0.717) is 19.4 Å². The minimum absolute atomic E-state index is 0. The van der Waals surface area contributed by atoms with E-state index in [2.05, 4.69) is 34.1 Å². The fraction of sp³-hybridized carbons (Fsp3) is 0.391. The molecule has 2 aromatic carbocycles. The molecule has 2 amide bonds. The number of benzene rings is 2. The Morgan fingerprint density at radius 3 is 2.47 bits per heavy atom. The summed E-state index contributed by atoms with van der Waals surface area (Å²) in [6.07, 6.45) is 3.23. The van der Waals surface area contributed by atoms with Gasteiger partial charge >= 0.3 is 0 Å². The summed E-state index contributed by atoms with van der Waals surface area (Å²) in [5.74, 6) is 0.501. The second-order valence-electron chi connectivity index (χ2n) is 7.61. The molecule has 1 aliphatic rings. The fourth-order valence-corrected chi connectivity index (χ4v) is 4.16. The van der Waals surface area contributed by atoms with E-state index in [-0.39, 0.29) is 30.3 Å². The number of anilines is 1. The predicted octanol–water partition coefficient (Wildman–Crippen LogP) is 3.62. The van der Waals surface area contributed by atoms with Crippen LogP contribution in [0.1, 0.15) is 28.7 Å². The van der Waals surface area contributed by atoms with Crippen LogP contribution in [0.5, 0.6) is 0 Å². The number of hydrogen-bond donors (Lipinski definition) is 3. The lowest BCUT2D eigenvalue weighted by atomic mass is 9.95. The van der Waals surface area contributed by atoms with E-state index in [1.807, 2.05) is 44.4 Å². The highest BCUT2D eigenvalue weighted by molar-refractivity contribution is 7.98. The Morgan fingerprint density at radius 2 is 1.80 bits per heavy atom. The van der Waals surface area contributed by atoms with Gasteiger partial charge in [0, 0.05) is 12.2 Å². The van der Waals surface area contributed by atoms with Crippen molar-refractivity contribution in [3.8, 4) is 0 Å².